The van der Waals surface area contributed by atoms with E-state index in [0.717, 1.165) is 51.7 Å². The molecule has 0 fully saturated rings. The van der Waals surface area contributed by atoms with Crippen LogP contribution in [0.3, 0.4) is 0 Å². The Bertz CT molecular complexity index is 896. The van der Waals surface area contributed by atoms with Crippen molar-refractivity contribution < 1.29 is 42.2 Å². The molecule has 0 aromatic carbocycles. The van der Waals surface area contributed by atoms with Gasteiger partial charge < -0.3 is 14.4 Å². The van der Waals surface area contributed by atoms with Crippen molar-refractivity contribution in [2.24, 2.45) is 0 Å². The largest absolute Gasteiger partial charge is 0.472 e. The molecule has 322 valence electrons. The number of unbranched alkanes of at least 4 members (excludes halogenated alkanes) is 24. The Morgan fingerprint density at radius 3 is 1.30 bits per heavy atom. The molecular formula is C43H88N2O8P+. The Morgan fingerprint density at radius 1 is 0.537 bits per heavy atom. The molecule has 0 heterocycles. The molecule has 0 radical (unpaired) electrons. The van der Waals surface area contributed by atoms with Gasteiger partial charge in [0.15, 0.2) is 6.10 Å². The lowest BCUT2D eigenvalue weighted by Crippen LogP contribution is -2.58. The summed E-state index contributed by atoms with van der Waals surface area (Å²) in [4.78, 5) is 35.6. The van der Waals surface area contributed by atoms with Gasteiger partial charge in [-0.15, -0.1) is 0 Å². The average molecular weight is 792 g/mol. The van der Waals surface area contributed by atoms with Crippen LogP contribution in [0.5, 0.6) is 0 Å². The lowest BCUT2D eigenvalue weighted by molar-refractivity contribution is -0.965. The highest BCUT2D eigenvalue weighted by Crippen LogP contribution is 2.43. The number of rotatable bonds is 42. The van der Waals surface area contributed by atoms with Gasteiger partial charge in [-0.1, -0.05) is 168 Å². The van der Waals surface area contributed by atoms with Gasteiger partial charge in [0.1, 0.15) is 6.61 Å². The number of phosphoric acid groups is 1. The number of ether oxygens (including phenoxy) is 2. The molecule has 10 nitrogen and oxygen atoms in total. The summed E-state index contributed by atoms with van der Waals surface area (Å²) in [6.07, 6.45) is 31.3. The SMILES string of the molecule is CCCCCCCCCCCCCCCC(=O)OC[C@H](COP(=O)(O)OCCN[N+](CC)(CC)CC)OC(=O)CCCCCCCCCCCCCCC. The molecule has 2 N–H and O–H groups in total. The van der Waals surface area contributed by atoms with E-state index in [0.29, 0.717) is 24.0 Å². The molecule has 0 amide bonds. The minimum atomic E-state index is -4.42. The van der Waals surface area contributed by atoms with Crippen molar-refractivity contribution in [3.63, 3.8) is 0 Å². The standard InChI is InChI=1S/C43H87N2O8P/c1-6-11-13-15-17-19-21-23-25-27-29-31-33-35-42(46)50-39-41(40-52-54(48,49)51-38-37-44-45(8-3,9-4)10-5)53-43(47)36-34-32-30-28-26-24-22-20-18-16-14-12-7-2/h41,44H,6-40H2,1-5H3/p+1/t41-/m1/s1. The summed E-state index contributed by atoms with van der Waals surface area (Å²) in [5, 5.41) is 0. The van der Waals surface area contributed by atoms with Crippen LogP contribution in [0, 0.1) is 0 Å². The van der Waals surface area contributed by atoms with Crippen LogP contribution in [0.1, 0.15) is 214 Å². The summed E-state index contributed by atoms with van der Waals surface area (Å²) < 4.78 is 34.8. The maximum atomic E-state index is 12.7. The Morgan fingerprint density at radius 2 is 0.907 bits per heavy atom. The second-order valence-corrected chi connectivity index (χ2v) is 16.8. The number of nitrogens with zero attached hydrogens (tertiary/aromatic N) is 1. The van der Waals surface area contributed by atoms with Gasteiger partial charge in [0.05, 0.1) is 39.4 Å². The number of quaternary nitrogens is 1. The van der Waals surface area contributed by atoms with E-state index in [1.807, 2.05) is 0 Å². The fraction of sp³-hybridized carbons (Fsp3) is 0.953. The van der Waals surface area contributed by atoms with Crippen molar-refractivity contribution in [1.82, 2.24) is 5.43 Å². The summed E-state index contributed by atoms with van der Waals surface area (Å²) in [7, 11) is -4.42. The van der Waals surface area contributed by atoms with E-state index in [1.54, 1.807) is 0 Å². The third kappa shape index (κ3) is 33.1. The van der Waals surface area contributed by atoms with Crippen LogP contribution < -0.4 is 5.43 Å². The van der Waals surface area contributed by atoms with Crippen molar-refractivity contribution in [2.75, 3.05) is 46.0 Å². The van der Waals surface area contributed by atoms with Crippen molar-refractivity contribution in [3.05, 3.63) is 0 Å². The fourth-order valence-electron chi connectivity index (χ4n) is 6.86. The van der Waals surface area contributed by atoms with Gasteiger partial charge in [0, 0.05) is 12.8 Å². The van der Waals surface area contributed by atoms with Crippen LogP contribution in [0.2, 0.25) is 0 Å². The van der Waals surface area contributed by atoms with E-state index in [2.05, 4.69) is 40.0 Å². The number of esters is 2. The van der Waals surface area contributed by atoms with Gasteiger partial charge in [0.25, 0.3) is 0 Å². The summed E-state index contributed by atoms with van der Waals surface area (Å²) in [6.45, 7) is 13.1. The van der Waals surface area contributed by atoms with Crippen LogP contribution in [-0.4, -0.2) is 73.5 Å². The first-order chi connectivity index (χ1) is 26.2. The summed E-state index contributed by atoms with van der Waals surface area (Å²) >= 11 is 0. The first kappa shape index (κ1) is 53.0. The molecule has 0 aromatic heterocycles. The molecule has 2 atom stereocenters. The summed E-state index contributed by atoms with van der Waals surface area (Å²) in [5.74, 6) is -0.792. The minimum Gasteiger partial charge on any atom is -0.462 e. The first-order valence-corrected chi connectivity index (χ1v) is 24.2. The average Bonchev–Trinajstić information content (AvgIpc) is 3.16. The van der Waals surface area contributed by atoms with Crippen LogP contribution in [-0.2, 0) is 32.7 Å². The summed E-state index contributed by atoms with van der Waals surface area (Å²) in [5.41, 5.74) is 3.37. The maximum Gasteiger partial charge on any atom is 0.472 e. The third-order valence-electron chi connectivity index (χ3n) is 10.7. The zero-order valence-electron chi connectivity index (χ0n) is 36.0. The number of hydrogen-bond acceptors (Lipinski definition) is 8. The number of phosphoric ester groups is 1. The number of carbonyl (C=O) groups is 2. The van der Waals surface area contributed by atoms with Crippen LogP contribution >= 0.6 is 7.82 Å². The molecule has 0 aliphatic rings. The summed E-state index contributed by atoms with van der Waals surface area (Å²) in [6, 6.07) is 0. The van der Waals surface area contributed by atoms with Gasteiger partial charge >= 0.3 is 19.8 Å². The molecule has 0 aliphatic heterocycles. The predicted molar refractivity (Wildman–Crippen MR) is 223 cm³/mol. The van der Waals surface area contributed by atoms with E-state index < -0.39 is 26.5 Å². The smallest absolute Gasteiger partial charge is 0.462 e. The van der Waals surface area contributed by atoms with E-state index >= 15 is 0 Å². The molecule has 0 bridgehead atoms. The van der Waals surface area contributed by atoms with E-state index in [-0.39, 0.29) is 25.6 Å². The minimum absolute atomic E-state index is 0.0224. The Balaban J connectivity index is 4.55. The molecule has 0 aliphatic carbocycles. The lowest BCUT2D eigenvalue weighted by Gasteiger charge is -2.35. The molecule has 0 rings (SSSR count). The molecule has 54 heavy (non-hydrogen) atoms. The number of carbonyl (C=O) groups excluding carboxylic acids is 2. The number of hydrogen-bond donors (Lipinski definition) is 2. The van der Waals surface area contributed by atoms with E-state index in [4.69, 9.17) is 18.5 Å². The zero-order chi connectivity index (χ0) is 40.0. The van der Waals surface area contributed by atoms with Crippen molar-refractivity contribution in [2.45, 2.75) is 221 Å². The van der Waals surface area contributed by atoms with Gasteiger partial charge in [-0.2, -0.15) is 5.43 Å². The van der Waals surface area contributed by atoms with Crippen molar-refractivity contribution in [1.29, 1.82) is 0 Å². The topological polar surface area (TPSA) is 120 Å². The molecule has 1 unspecified atom stereocenters. The Labute approximate surface area is 333 Å². The Kier molecular flexibility index (Phi) is 36.8. The van der Waals surface area contributed by atoms with Crippen LogP contribution in [0.15, 0.2) is 0 Å². The molecular weight excluding hydrogens is 703 g/mol. The van der Waals surface area contributed by atoms with Crippen LogP contribution in [0.25, 0.3) is 0 Å². The molecule has 0 spiro atoms. The Hall–Kier alpha value is -1.03. The van der Waals surface area contributed by atoms with Gasteiger partial charge in [0.2, 0.25) is 0 Å². The number of nitrogens with one attached hydrogen (secondary N) is 1. The highest BCUT2D eigenvalue weighted by Gasteiger charge is 2.27. The molecule has 0 saturated carbocycles. The first-order valence-electron chi connectivity index (χ1n) is 22.8. The lowest BCUT2D eigenvalue weighted by atomic mass is 10.0. The van der Waals surface area contributed by atoms with Gasteiger partial charge in [-0.25, -0.2) is 9.16 Å². The monoisotopic (exact) mass is 792 g/mol. The van der Waals surface area contributed by atoms with E-state index in [1.165, 1.54) is 128 Å². The highest BCUT2D eigenvalue weighted by molar-refractivity contribution is 7.47. The van der Waals surface area contributed by atoms with Gasteiger partial charge in [-0.05, 0) is 33.6 Å². The third-order valence-corrected chi connectivity index (χ3v) is 11.7. The fourth-order valence-corrected chi connectivity index (χ4v) is 7.61. The second kappa shape index (κ2) is 37.5. The quantitative estimate of drug-likeness (QED) is 0.0205. The van der Waals surface area contributed by atoms with Crippen molar-refractivity contribution in [3.8, 4) is 0 Å². The highest BCUT2D eigenvalue weighted by atomic mass is 31.2. The van der Waals surface area contributed by atoms with E-state index in [9.17, 15) is 19.0 Å². The molecule has 0 aromatic rings. The van der Waals surface area contributed by atoms with Gasteiger partial charge in [-0.3, -0.25) is 18.6 Å². The zero-order valence-corrected chi connectivity index (χ0v) is 36.9. The van der Waals surface area contributed by atoms with Crippen LogP contribution in [0.4, 0.5) is 0 Å². The normalized spacial score (nSPS) is 13.5. The molecule has 11 heteroatoms. The molecule has 0 saturated heterocycles. The van der Waals surface area contributed by atoms with Crippen molar-refractivity contribution >= 4 is 19.8 Å². The maximum absolute atomic E-state index is 12.7. The second-order valence-electron chi connectivity index (χ2n) is 15.4. The predicted octanol–water partition coefficient (Wildman–Crippen LogP) is 11.9.